The lowest BCUT2D eigenvalue weighted by Gasteiger charge is -2.33. The third kappa shape index (κ3) is 7.32. The van der Waals surface area contributed by atoms with Crippen LogP contribution in [0.3, 0.4) is 0 Å². The average Bonchev–Trinajstić information content (AvgIpc) is 2.93. The zero-order valence-corrected chi connectivity index (χ0v) is 22.8. The number of nitrogens with one attached hydrogen (secondary N) is 1. The zero-order valence-electron chi connectivity index (χ0n) is 21.9. The zero-order chi connectivity index (χ0) is 28.6. The number of carbonyl (C=O) groups is 2. The molecule has 0 aliphatic rings. The number of hydrogen-bond donors (Lipinski definition) is 1. The number of halogens is 2. The molecule has 0 aromatic heterocycles. The molecule has 1 atom stereocenters. The quantitative estimate of drug-likeness (QED) is 0.360. The average molecular weight is 560 g/mol. The summed E-state index contributed by atoms with van der Waals surface area (Å²) in [5, 5.41) is 2.71. The van der Waals surface area contributed by atoms with E-state index in [0.29, 0.717) is 17.9 Å². The van der Waals surface area contributed by atoms with Crippen LogP contribution < -0.4 is 14.4 Å². The summed E-state index contributed by atoms with van der Waals surface area (Å²) in [7, 11) is -2.86. The summed E-state index contributed by atoms with van der Waals surface area (Å²) >= 11 is 0. The van der Waals surface area contributed by atoms with Gasteiger partial charge in [0.05, 0.1) is 17.7 Å². The number of anilines is 1. The predicted molar refractivity (Wildman–Crippen MR) is 144 cm³/mol. The Morgan fingerprint density at radius 3 is 1.97 bits per heavy atom. The number of sulfonamides is 1. The summed E-state index contributed by atoms with van der Waals surface area (Å²) in [6.45, 7) is 3.08. The minimum absolute atomic E-state index is 0.0609. The Balaban J connectivity index is 2.04. The van der Waals surface area contributed by atoms with Crippen LogP contribution >= 0.6 is 0 Å². The summed E-state index contributed by atoms with van der Waals surface area (Å²) in [6, 6.07) is 14.9. The van der Waals surface area contributed by atoms with E-state index >= 15 is 0 Å². The molecule has 0 unspecified atom stereocenters. The first-order chi connectivity index (χ1) is 18.6. The lowest BCUT2D eigenvalue weighted by atomic mass is 10.1. The van der Waals surface area contributed by atoms with Crippen LogP contribution in [0.2, 0.25) is 0 Å². The highest BCUT2D eigenvalue weighted by atomic mass is 32.2. The molecular weight excluding hydrogens is 528 g/mol. The van der Waals surface area contributed by atoms with Crippen LogP contribution in [0.15, 0.2) is 77.7 Å². The number of methoxy groups -OCH3 is 1. The first kappa shape index (κ1) is 29.6. The second-order valence-electron chi connectivity index (χ2n) is 8.63. The van der Waals surface area contributed by atoms with E-state index in [9.17, 15) is 26.8 Å². The van der Waals surface area contributed by atoms with Gasteiger partial charge in [-0.2, -0.15) is 0 Å². The van der Waals surface area contributed by atoms with Gasteiger partial charge in [-0.25, -0.2) is 17.2 Å². The van der Waals surface area contributed by atoms with Gasteiger partial charge in [-0.1, -0.05) is 19.1 Å². The van der Waals surface area contributed by atoms with E-state index in [0.717, 1.165) is 16.4 Å². The molecule has 3 rings (SSSR count). The van der Waals surface area contributed by atoms with Crippen LogP contribution in [0.4, 0.5) is 14.5 Å². The van der Waals surface area contributed by atoms with Crippen molar-refractivity contribution in [3.8, 4) is 5.75 Å². The second kappa shape index (κ2) is 13.2. The Morgan fingerprint density at radius 2 is 1.46 bits per heavy atom. The van der Waals surface area contributed by atoms with Crippen molar-refractivity contribution >= 4 is 27.5 Å². The number of benzene rings is 3. The maximum absolute atomic E-state index is 13.8. The van der Waals surface area contributed by atoms with Crippen LogP contribution in [0.1, 0.15) is 25.8 Å². The number of rotatable bonds is 12. The van der Waals surface area contributed by atoms with Crippen molar-refractivity contribution < 1.29 is 31.5 Å². The van der Waals surface area contributed by atoms with E-state index in [-0.39, 0.29) is 23.5 Å². The van der Waals surface area contributed by atoms with Gasteiger partial charge in [0.15, 0.2) is 0 Å². The molecule has 0 aliphatic heterocycles. The molecule has 0 saturated carbocycles. The van der Waals surface area contributed by atoms with E-state index in [1.807, 2.05) is 0 Å². The van der Waals surface area contributed by atoms with E-state index in [4.69, 9.17) is 4.74 Å². The molecule has 0 heterocycles. The lowest BCUT2D eigenvalue weighted by molar-refractivity contribution is -0.140. The van der Waals surface area contributed by atoms with Crippen LogP contribution in [0, 0.1) is 11.6 Å². The highest BCUT2D eigenvalue weighted by molar-refractivity contribution is 7.92. The fourth-order valence-corrected chi connectivity index (χ4v) is 5.42. The molecule has 0 bridgehead atoms. The smallest absolute Gasteiger partial charge is 0.264 e. The normalized spacial score (nSPS) is 11.9. The Labute approximate surface area is 227 Å². The molecule has 0 saturated heterocycles. The molecule has 208 valence electrons. The van der Waals surface area contributed by atoms with Crippen LogP contribution in [-0.4, -0.2) is 51.4 Å². The largest absolute Gasteiger partial charge is 0.497 e. The third-order valence-corrected chi connectivity index (χ3v) is 7.83. The number of nitrogens with zero attached hydrogens (tertiary/aromatic N) is 2. The molecule has 0 radical (unpaired) electrons. The van der Waals surface area contributed by atoms with Crippen molar-refractivity contribution in [1.29, 1.82) is 0 Å². The van der Waals surface area contributed by atoms with Crippen molar-refractivity contribution in [2.24, 2.45) is 0 Å². The first-order valence-corrected chi connectivity index (χ1v) is 13.8. The standard InChI is InChI=1S/C28H31F2N3O5S/c1-4-26(28(35)31-5-2)32(18-20-6-8-21(29)9-7-20)27(34)19-33(23-12-10-22(30)11-13-23)39(36,37)25-16-14-24(38-3)15-17-25/h6-17,26H,4-5,18-19H2,1-3H3,(H,31,35)/t26-/m1/s1. The maximum atomic E-state index is 13.8. The molecule has 1 N–H and O–H groups in total. The fourth-order valence-electron chi connectivity index (χ4n) is 4.01. The summed E-state index contributed by atoms with van der Waals surface area (Å²) < 4.78 is 60.7. The second-order valence-corrected chi connectivity index (χ2v) is 10.5. The monoisotopic (exact) mass is 559 g/mol. The molecule has 2 amide bonds. The van der Waals surface area contributed by atoms with Crippen LogP contribution in [0.5, 0.6) is 5.75 Å². The van der Waals surface area contributed by atoms with E-state index in [2.05, 4.69) is 5.32 Å². The van der Waals surface area contributed by atoms with Crippen molar-refractivity contribution in [2.75, 3.05) is 24.5 Å². The number of carbonyl (C=O) groups excluding carboxylic acids is 2. The van der Waals surface area contributed by atoms with Crippen molar-refractivity contribution in [3.63, 3.8) is 0 Å². The van der Waals surface area contributed by atoms with Gasteiger partial charge in [-0.3, -0.25) is 13.9 Å². The van der Waals surface area contributed by atoms with Crippen LogP contribution in [-0.2, 0) is 26.2 Å². The van der Waals surface area contributed by atoms with Gasteiger partial charge in [0, 0.05) is 13.1 Å². The van der Waals surface area contributed by atoms with Gasteiger partial charge in [0.25, 0.3) is 10.0 Å². The number of hydrogen-bond acceptors (Lipinski definition) is 5. The summed E-state index contributed by atoms with van der Waals surface area (Å²) in [6.07, 6.45) is 0.251. The summed E-state index contributed by atoms with van der Waals surface area (Å²) in [5.74, 6) is -1.66. The molecule has 11 heteroatoms. The van der Waals surface area contributed by atoms with Gasteiger partial charge >= 0.3 is 0 Å². The molecule has 3 aromatic carbocycles. The highest BCUT2D eigenvalue weighted by Crippen LogP contribution is 2.26. The summed E-state index contributed by atoms with van der Waals surface area (Å²) in [5.41, 5.74) is 0.618. The molecule has 39 heavy (non-hydrogen) atoms. The van der Waals surface area contributed by atoms with Crippen molar-refractivity contribution in [3.05, 3.63) is 90.0 Å². The topological polar surface area (TPSA) is 96.0 Å². The Bertz CT molecular complexity index is 1370. The minimum atomic E-state index is -4.30. The molecule has 0 fully saturated rings. The number of amides is 2. The van der Waals surface area contributed by atoms with Gasteiger partial charge in [0.2, 0.25) is 11.8 Å². The number of likely N-dealkylation sites (N-methyl/N-ethyl adjacent to an activating group) is 1. The van der Waals surface area contributed by atoms with Gasteiger partial charge in [-0.15, -0.1) is 0 Å². The Morgan fingerprint density at radius 1 is 0.897 bits per heavy atom. The molecule has 0 aliphatic carbocycles. The van der Waals surface area contributed by atoms with Gasteiger partial charge < -0.3 is 15.0 Å². The first-order valence-electron chi connectivity index (χ1n) is 12.3. The summed E-state index contributed by atoms with van der Waals surface area (Å²) in [4.78, 5) is 27.9. The Hall–Kier alpha value is -3.99. The molecule has 8 nitrogen and oxygen atoms in total. The Kier molecular flexibility index (Phi) is 10.00. The van der Waals surface area contributed by atoms with E-state index in [1.165, 1.54) is 72.7 Å². The van der Waals surface area contributed by atoms with E-state index in [1.54, 1.807) is 13.8 Å². The highest BCUT2D eigenvalue weighted by Gasteiger charge is 2.33. The van der Waals surface area contributed by atoms with Crippen molar-refractivity contribution in [2.45, 2.75) is 37.8 Å². The minimum Gasteiger partial charge on any atom is -0.497 e. The third-order valence-electron chi connectivity index (χ3n) is 6.04. The van der Waals surface area contributed by atoms with E-state index < -0.39 is 46.1 Å². The fraction of sp³-hybridized carbons (Fsp3) is 0.286. The lowest BCUT2D eigenvalue weighted by Crippen LogP contribution is -2.52. The molecular formula is C28H31F2N3O5S. The van der Waals surface area contributed by atoms with Gasteiger partial charge in [-0.05, 0) is 79.6 Å². The maximum Gasteiger partial charge on any atom is 0.264 e. The molecule has 3 aromatic rings. The van der Waals surface area contributed by atoms with Crippen molar-refractivity contribution in [1.82, 2.24) is 10.2 Å². The van der Waals surface area contributed by atoms with Crippen LogP contribution in [0.25, 0.3) is 0 Å². The predicted octanol–water partition coefficient (Wildman–Crippen LogP) is 4.11. The molecule has 0 spiro atoms. The SMILES string of the molecule is CCNC(=O)[C@@H](CC)N(Cc1ccc(F)cc1)C(=O)CN(c1ccc(F)cc1)S(=O)(=O)c1ccc(OC)cc1. The number of ether oxygens (including phenoxy) is 1. The van der Waals surface area contributed by atoms with Gasteiger partial charge in [0.1, 0.15) is 30.0 Å².